The van der Waals surface area contributed by atoms with Gasteiger partial charge in [0.2, 0.25) is 11.6 Å². The zero-order valence-corrected chi connectivity index (χ0v) is 26.0. The number of morpholine rings is 1. The molecule has 0 saturated carbocycles. The largest absolute Gasteiger partial charge is 0.507 e. The Kier molecular flexibility index (Phi) is 9.34. The molecule has 3 saturated heterocycles. The first-order valence-electron chi connectivity index (χ1n) is 13.9. The maximum Gasteiger partial charge on any atom is 0.356 e. The summed E-state index contributed by atoms with van der Waals surface area (Å²) >= 11 is 0. The summed E-state index contributed by atoms with van der Waals surface area (Å²) in [6.45, 7) is 2.82. The number of piperidine rings is 1. The fourth-order valence-electron chi connectivity index (χ4n) is 5.51. The fourth-order valence-corrected chi connectivity index (χ4v) is 5.51. The molecular formula is C25H29FN4O24. The van der Waals surface area contributed by atoms with E-state index in [2.05, 4.69) is 11.3 Å². The number of carbonyl (C=O) groups excluding carboxylic acids is 3. The van der Waals surface area contributed by atoms with Gasteiger partial charge < -0.3 is 107 Å². The van der Waals surface area contributed by atoms with E-state index in [-0.39, 0.29) is 0 Å². The number of benzene rings is 1. The third-order valence-electron chi connectivity index (χ3n) is 8.06. The first-order chi connectivity index (χ1) is 24.1. The summed E-state index contributed by atoms with van der Waals surface area (Å²) in [5.41, 5.74) is -11.9. The van der Waals surface area contributed by atoms with Gasteiger partial charge in [-0.3, -0.25) is 24.4 Å². The van der Waals surface area contributed by atoms with Crippen LogP contribution in [0.5, 0.6) is 11.5 Å². The number of nitrogens with one attached hydrogen (secondary N) is 2. The molecule has 0 aromatic heterocycles. The van der Waals surface area contributed by atoms with Crippen LogP contribution < -0.4 is 10.6 Å². The molecule has 300 valence electrons. The molecule has 28 nitrogen and oxygen atoms in total. The van der Waals surface area contributed by atoms with E-state index in [1.54, 1.807) is 0 Å². The standard InChI is InChI=1S/C25H29FN4O24/c1-5(31)13(34)9-10(21(44,45)29(16(9)37)18(39)3-2-8(33)27-17(18)38)15(36)28-19(40,41)11-12(26)7(32)4-6(14(11)35)20(42,43)30-22(46,47)24(50,51)54-25(52,53)23(30,48)49/h4,28,31-32,34-36,39-53H,1-3H2,(H,27,33,38)/b13-9-,15-10+. The van der Waals surface area contributed by atoms with Gasteiger partial charge in [-0.2, -0.15) is 0 Å². The van der Waals surface area contributed by atoms with E-state index in [0.717, 1.165) is 5.32 Å². The Morgan fingerprint density at radius 1 is 0.889 bits per heavy atom. The normalized spacial score (nSPS) is 27.0. The summed E-state index contributed by atoms with van der Waals surface area (Å²) in [6, 6.07) is -0.413. The summed E-state index contributed by atoms with van der Waals surface area (Å²) in [4.78, 5) is 35.2. The number of hydrogen-bond donors (Lipinski definition) is 22. The number of phenolic OH excluding ortho intramolecular Hbond substituents is 2. The highest BCUT2D eigenvalue weighted by molar-refractivity contribution is 6.09. The Labute approximate surface area is 294 Å². The van der Waals surface area contributed by atoms with Crippen molar-refractivity contribution in [3.63, 3.8) is 0 Å². The molecule has 3 fully saturated rings. The van der Waals surface area contributed by atoms with Gasteiger partial charge in [-0.25, -0.2) is 9.29 Å². The number of amides is 3. The van der Waals surface area contributed by atoms with Crippen molar-refractivity contribution in [2.24, 2.45) is 0 Å². The van der Waals surface area contributed by atoms with Gasteiger partial charge in [-0.15, -0.1) is 4.90 Å². The number of carbonyl (C=O) groups is 3. The highest BCUT2D eigenvalue weighted by atomic mass is 19.1. The zero-order chi connectivity index (χ0) is 41.9. The molecule has 0 radical (unpaired) electrons. The van der Waals surface area contributed by atoms with E-state index < -0.39 is 151 Å². The second-order valence-electron chi connectivity index (χ2n) is 11.7. The molecular weight excluding hydrogens is 759 g/mol. The molecule has 3 amide bonds. The Hall–Kier alpha value is -4.90. The molecule has 1 atom stereocenters. The molecule has 3 heterocycles. The first-order valence-corrected chi connectivity index (χ1v) is 13.9. The number of likely N-dealkylation sites (tertiary alicyclic amines) is 1. The minimum Gasteiger partial charge on any atom is -0.507 e. The Bertz CT molecular complexity index is 1890. The topological polar surface area (TPSA) is 496 Å². The van der Waals surface area contributed by atoms with Gasteiger partial charge in [0.25, 0.3) is 29.5 Å². The van der Waals surface area contributed by atoms with Crippen molar-refractivity contribution in [2.45, 2.75) is 60.1 Å². The van der Waals surface area contributed by atoms with Crippen LogP contribution in [0.3, 0.4) is 0 Å². The number of ether oxygens (including phenoxy) is 1. The van der Waals surface area contributed by atoms with Gasteiger partial charge in [-0.05, 0) is 6.07 Å². The van der Waals surface area contributed by atoms with Crippen LogP contribution in [0.1, 0.15) is 24.0 Å². The number of hydrogen-bond acceptors (Lipinski definition) is 26. The van der Waals surface area contributed by atoms with E-state index in [9.17, 15) is 117 Å². The molecule has 1 aromatic carbocycles. The fraction of sp³-hybridized carbons (Fsp3) is 0.400. The summed E-state index contributed by atoms with van der Waals surface area (Å²) < 4.78 is 18.8. The number of imide groups is 1. The summed E-state index contributed by atoms with van der Waals surface area (Å²) in [7, 11) is 0. The molecule has 3 aliphatic heterocycles. The van der Waals surface area contributed by atoms with Gasteiger partial charge >= 0.3 is 23.8 Å². The minimum atomic E-state index is -5.11. The number of halogens is 1. The lowest BCUT2D eigenvalue weighted by molar-refractivity contribution is -0.682. The second-order valence-corrected chi connectivity index (χ2v) is 11.7. The second kappa shape index (κ2) is 12.1. The molecule has 29 heteroatoms. The number of aliphatic hydroxyl groups is 18. The Morgan fingerprint density at radius 3 is 1.85 bits per heavy atom. The Balaban J connectivity index is 1.96. The summed E-state index contributed by atoms with van der Waals surface area (Å²) in [6.07, 6.45) is -1.94. The average Bonchev–Trinajstić information content (AvgIpc) is 3.19. The monoisotopic (exact) mass is 788 g/mol. The van der Waals surface area contributed by atoms with Crippen LogP contribution >= 0.6 is 0 Å². The highest BCUT2D eigenvalue weighted by Gasteiger charge is 2.79. The molecule has 0 aliphatic carbocycles. The van der Waals surface area contributed by atoms with E-state index in [1.807, 2.05) is 0 Å². The van der Waals surface area contributed by atoms with Crippen molar-refractivity contribution in [2.75, 3.05) is 0 Å². The number of aromatic hydroxyl groups is 2. The van der Waals surface area contributed by atoms with E-state index in [4.69, 9.17) is 0 Å². The molecule has 4 rings (SSSR count). The van der Waals surface area contributed by atoms with Gasteiger partial charge in [0, 0.05) is 12.8 Å². The lowest BCUT2D eigenvalue weighted by Gasteiger charge is -2.57. The van der Waals surface area contributed by atoms with Crippen LogP contribution in [0.15, 0.2) is 41.2 Å². The van der Waals surface area contributed by atoms with E-state index >= 15 is 4.39 Å². The van der Waals surface area contributed by atoms with Crippen molar-refractivity contribution in [3.8, 4) is 11.5 Å². The smallest absolute Gasteiger partial charge is 0.356 e. The molecule has 54 heavy (non-hydrogen) atoms. The third-order valence-corrected chi connectivity index (χ3v) is 8.06. The van der Waals surface area contributed by atoms with Crippen molar-refractivity contribution >= 4 is 17.7 Å². The summed E-state index contributed by atoms with van der Waals surface area (Å²) in [5.74, 6) is -51.9. The molecule has 0 spiro atoms. The molecule has 3 aliphatic rings. The summed E-state index contributed by atoms with van der Waals surface area (Å²) in [5, 5.41) is 210. The quantitative estimate of drug-likeness (QED) is 0.0401. The van der Waals surface area contributed by atoms with E-state index in [1.165, 1.54) is 5.32 Å². The molecule has 1 unspecified atom stereocenters. The maximum atomic E-state index is 15.3. The molecule has 0 bridgehead atoms. The van der Waals surface area contributed by atoms with Crippen molar-refractivity contribution in [1.29, 1.82) is 0 Å². The SMILES string of the molecule is C=C(O)/C(O)=C1/C(=O)N(C2(O)CCC(=O)NC2=O)C(O)(O)/C1=C(/O)NC(O)(O)c1c(O)c(C(O)(O)N2C(O)(O)C(O)(O)OC(O)(O)C2(O)O)cc(O)c1F. The number of aliphatic hydroxyl groups excluding tert-OH is 3. The Morgan fingerprint density at radius 2 is 1.39 bits per heavy atom. The number of phenols is 2. The third kappa shape index (κ3) is 5.74. The van der Waals surface area contributed by atoms with Crippen molar-refractivity contribution in [3.05, 3.63) is 58.1 Å². The average molecular weight is 789 g/mol. The lowest BCUT2D eigenvalue weighted by atomic mass is 9.98. The predicted molar refractivity (Wildman–Crippen MR) is 149 cm³/mol. The van der Waals surface area contributed by atoms with Crippen LogP contribution in [0.4, 0.5) is 4.39 Å². The van der Waals surface area contributed by atoms with Crippen molar-refractivity contribution < 1.29 is 126 Å². The van der Waals surface area contributed by atoms with E-state index in [0.29, 0.717) is 0 Å². The van der Waals surface area contributed by atoms with Gasteiger partial charge in [-0.1, -0.05) is 6.58 Å². The van der Waals surface area contributed by atoms with Crippen LogP contribution in [0.25, 0.3) is 0 Å². The zero-order valence-electron chi connectivity index (χ0n) is 26.0. The lowest BCUT2D eigenvalue weighted by Crippen LogP contribution is -2.87. The van der Waals surface area contributed by atoms with Crippen molar-refractivity contribution in [1.82, 2.24) is 20.4 Å². The van der Waals surface area contributed by atoms with Gasteiger partial charge in [0.15, 0.2) is 29.0 Å². The highest BCUT2D eigenvalue weighted by Crippen LogP contribution is 2.51. The van der Waals surface area contributed by atoms with Crippen LogP contribution in [0.2, 0.25) is 0 Å². The number of nitrogens with zero attached hydrogens (tertiary/aromatic N) is 2. The van der Waals surface area contributed by atoms with Crippen LogP contribution in [-0.4, -0.2) is 165 Å². The predicted octanol–water partition coefficient (Wildman–Crippen LogP) is -9.84. The van der Waals surface area contributed by atoms with Gasteiger partial charge in [0.1, 0.15) is 22.5 Å². The first kappa shape index (κ1) is 41.9. The maximum absolute atomic E-state index is 15.3. The molecule has 1 aromatic rings. The minimum absolute atomic E-state index is 0.413. The van der Waals surface area contributed by atoms with Crippen LogP contribution in [-0.2, 0) is 30.9 Å². The van der Waals surface area contributed by atoms with Crippen LogP contribution in [0, 0.1) is 5.82 Å². The number of rotatable bonds is 7. The molecule has 22 N–H and O–H groups in total. The van der Waals surface area contributed by atoms with Gasteiger partial charge in [0.05, 0.1) is 5.56 Å².